The van der Waals surface area contributed by atoms with E-state index in [1.54, 1.807) is 24.3 Å². The third-order valence-corrected chi connectivity index (χ3v) is 6.51. The molecule has 1 amide bonds. The van der Waals surface area contributed by atoms with Crippen LogP contribution < -0.4 is 14.8 Å². The van der Waals surface area contributed by atoms with Crippen LogP contribution in [0.15, 0.2) is 47.4 Å². The number of anilines is 1. The second-order valence-electron chi connectivity index (χ2n) is 6.69. The molecule has 1 aliphatic heterocycles. The van der Waals surface area contributed by atoms with Gasteiger partial charge in [0.1, 0.15) is 10.6 Å². The molecule has 30 heavy (non-hydrogen) atoms. The number of benzene rings is 2. The highest BCUT2D eigenvalue weighted by atomic mass is 35.5. The normalized spacial score (nSPS) is 14.9. The van der Waals surface area contributed by atoms with Gasteiger partial charge in [0.05, 0.1) is 25.3 Å². The van der Waals surface area contributed by atoms with Crippen LogP contribution in [-0.4, -0.2) is 65.7 Å². The lowest BCUT2D eigenvalue weighted by Crippen LogP contribution is -2.41. The molecule has 0 atom stereocenters. The maximum Gasteiger partial charge on any atom is 0.263 e. The van der Waals surface area contributed by atoms with Crippen molar-refractivity contribution in [3.8, 4) is 5.75 Å². The van der Waals surface area contributed by atoms with Crippen LogP contribution >= 0.6 is 11.6 Å². The predicted octanol–water partition coefficient (Wildman–Crippen LogP) is 2.21. The van der Waals surface area contributed by atoms with E-state index < -0.39 is 10.0 Å². The zero-order chi connectivity index (χ0) is 21.6. The summed E-state index contributed by atoms with van der Waals surface area (Å²) in [4.78, 5) is 14.5. The van der Waals surface area contributed by atoms with E-state index in [1.165, 1.54) is 25.3 Å². The summed E-state index contributed by atoms with van der Waals surface area (Å²) in [7, 11) is -2.46. The molecule has 0 aliphatic carbocycles. The number of amides is 1. The van der Waals surface area contributed by atoms with Gasteiger partial charge in [0.15, 0.2) is 0 Å². The SMILES string of the molecule is COc1ccc(NS(=O)(=O)c2cc(C(=O)NCCN3CCOCC3)ccc2Cl)cc1. The minimum absolute atomic E-state index is 0.0286. The van der Waals surface area contributed by atoms with Gasteiger partial charge in [0.25, 0.3) is 15.9 Å². The molecule has 2 N–H and O–H groups in total. The summed E-state index contributed by atoms with van der Waals surface area (Å²) < 4.78 is 38.4. The monoisotopic (exact) mass is 453 g/mol. The van der Waals surface area contributed by atoms with E-state index in [4.69, 9.17) is 21.1 Å². The van der Waals surface area contributed by atoms with E-state index >= 15 is 0 Å². The van der Waals surface area contributed by atoms with Crippen LogP contribution in [0.4, 0.5) is 5.69 Å². The number of ether oxygens (including phenoxy) is 2. The number of carbonyl (C=O) groups is 1. The number of hydrogen-bond acceptors (Lipinski definition) is 6. The Labute approximate surface area is 181 Å². The van der Waals surface area contributed by atoms with Gasteiger partial charge in [-0.25, -0.2) is 8.42 Å². The second kappa shape index (κ2) is 10.1. The summed E-state index contributed by atoms with van der Waals surface area (Å²) in [5.41, 5.74) is 0.573. The molecular weight excluding hydrogens is 430 g/mol. The molecule has 3 rings (SSSR count). The Morgan fingerprint density at radius 3 is 2.53 bits per heavy atom. The number of morpholine rings is 1. The van der Waals surface area contributed by atoms with Gasteiger partial charge in [0.2, 0.25) is 0 Å². The Morgan fingerprint density at radius 2 is 1.87 bits per heavy atom. The van der Waals surface area contributed by atoms with Crippen LogP contribution in [0.5, 0.6) is 5.75 Å². The zero-order valence-electron chi connectivity index (χ0n) is 16.6. The fourth-order valence-electron chi connectivity index (χ4n) is 2.97. The number of carbonyl (C=O) groups excluding carboxylic acids is 1. The highest BCUT2D eigenvalue weighted by Gasteiger charge is 2.21. The van der Waals surface area contributed by atoms with E-state index in [1.807, 2.05) is 0 Å². The molecule has 0 aromatic heterocycles. The largest absolute Gasteiger partial charge is 0.497 e. The summed E-state index contributed by atoms with van der Waals surface area (Å²) in [6.45, 7) is 4.19. The molecule has 2 aromatic rings. The lowest BCUT2D eigenvalue weighted by atomic mass is 10.2. The molecular formula is C20H24ClN3O5S. The quantitative estimate of drug-likeness (QED) is 0.636. The Hall–Kier alpha value is -2.33. The molecule has 10 heteroatoms. The zero-order valence-corrected chi connectivity index (χ0v) is 18.1. The van der Waals surface area contributed by atoms with E-state index in [2.05, 4.69) is 14.9 Å². The first-order chi connectivity index (χ1) is 14.4. The minimum Gasteiger partial charge on any atom is -0.497 e. The first-order valence-electron chi connectivity index (χ1n) is 9.44. The number of halogens is 1. The van der Waals surface area contributed by atoms with Crippen molar-refractivity contribution in [2.45, 2.75) is 4.90 Å². The van der Waals surface area contributed by atoms with Crippen molar-refractivity contribution in [1.82, 2.24) is 10.2 Å². The summed E-state index contributed by atoms with van der Waals surface area (Å²) in [6, 6.07) is 10.6. The third-order valence-electron chi connectivity index (χ3n) is 4.64. The fourth-order valence-corrected chi connectivity index (χ4v) is 4.56. The topological polar surface area (TPSA) is 97.0 Å². The molecule has 1 fully saturated rings. The van der Waals surface area contributed by atoms with Crippen molar-refractivity contribution < 1.29 is 22.7 Å². The molecule has 1 aliphatic rings. The molecule has 1 saturated heterocycles. The Bertz CT molecular complexity index is 976. The number of methoxy groups -OCH3 is 1. The van der Waals surface area contributed by atoms with E-state index in [9.17, 15) is 13.2 Å². The van der Waals surface area contributed by atoms with Gasteiger partial charge in [-0.05, 0) is 42.5 Å². The van der Waals surface area contributed by atoms with Gasteiger partial charge in [0, 0.05) is 37.4 Å². The molecule has 0 radical (unpaired) electrons. The van der Waals surface area contributed by atoms with E-state index in [0.29, 0.717) is 37.7 Å². The van der Waals surface area contributed by atoms with Crippen LogP contribution in [0, 0.1) is 0 Å². The molecule has 8 nitrogen and oxygen atoms in total. The standard InChI is InChI=1S/C20H24ClN3O5S/c1-28-17-5-3-16(4-6-17)23-30(26,27)19-14-15(2-7-18(19)21)20(25)22-8-9-24-10-12-29-13-11-24/h2-7,14,23H,8-13H2,1H3,(H,22,25). The average Bonchev–Trinajstić information content (AvgIpc) is 2.75. The molecule has 0 saturated carbocycles. The highest BCUT2D eigenvalue weighted by Crippen LogP contribution is 2.26. The summed E-state index contributed by atoms with van der Waals surface area (Å²) in [5.74, 6) is 0.243. The summed E-state index contributed by atoms with van der Waals surface area (Å²) >= 11 is 6.12. The predicted molar refractivity (Wildman–Crippen MR) is 115 cm³/mol. The molecule has 162 valence electrons. The minimum atomic E-state index is -3.98. The van der Waals surface area contributed by atoms with Crippen molar-refractivity contribution in [2.75, 3.05) is 51.2 Å². The van der Waals surface area contributed by atoms with E-state index in [-0.39, 0.29) is 21.4 Å². The first-order valence-corrected chi connectivity index (χ1v) is 11.3. The number of rotatable bonds is 8. The Kier molecular flexibility index (Phi) is 7.54. The molecule has 2 aromatic carbocycles. The van der Waals surface area contributed by atoms with Crippen molar-refractivity contribution >= 4 is 33.2 Å². The Balaban J connectivity index is 1.67. The lowest BCUT2D eigenvalue weighted by Gasteiger charge is -2.26. The highest BCUT2D eigenvalue weighted by molar-refractivity contribution is 7.92. The van der Waals surface area contributed by atoms with Gasteiger partial charge in [-0.3, -0.25) is 14.4 Å². The van der Waals surface area contributed by atoms with Crippen LogP contribution in [0.25, 0.3) is 0 Å². The number of nitrogens with zero attached hydrogens (tertiary/aromatic N) is 1. The summed E-state index contributed by atoms with van der Waals surface area (Å²) in [6.07, 6.45) is 0. The first kappa shape index (κ1) is 22.4. The fraction of sp³-hybridized carbons (Fsp3) is 0.350. The van der Waals surface area contributed by atoms with Gasteiger partial charge < -0.3 is 14.8 Å². The van der Waals surface area contributed by atoms with E-state index in [0.717, 1.165) is 13.1 Å². The Morgan fingerprint density at radius 1 is 1.17 bits per heavy atom. The van der Waals surface area contributed by atoms with Crippen LogP contribution in [-0.2, 0) is 14.8 Å². The van der Waals surface area contributed by atoms with Crippen molar-refractivity contribution in [3.05, 3.63) is 53.1 Å². The molecule has 0 bridgehead atoms. The van der Waals surface area contributed by atoms with Crippen molar-refractivity contribution in [2.24, 2.45) is 0 Å². The van der Waals surface area contributed by atoms with Crippen LogP contribution in [0.1, 0.15) is 10.4 Å². The molecule has 0 spiro atoms. The number of nitrogens with one attached hydrogen (secondary N) is 2. The van der Waals surface area contributed by atoms with Gasteiger partial charge in [-0.15, -0.1) is 0 Å². The smallest absolute Gasteiger partial charge is 0.263 e. The second-order valence-corrected chi connectivity index (χ2v) is 8.75. The van der Waals surface area contributed by atoms with Gasteiger partial charge >= 0.3 is 0 Å². The molecule has 0 unspecified atom stereocenters. The lowest BCUT2D eigenvalue weighted by molar-refractivity contribution is 0.0383. The van der Waals surface area contributed by atoms with Gasteiger partial charge in [-0.1, -0.05) is 11.6 Å². The molecule has 1 heterocycles. The van der Waals surface area contributed by atoms with Crippen LogP contribution in [0.2, 0.25) is 5.02 Å². The summed E-state index contributed by atoms with van der Waals surface area (Å²) in [5, 5.41) is 2.84. The van der Waals surface area contributed by atoms with Crippen molar-refractivity contribution in [1.29, 1.82) is 0 Å². The number of sulfonamides is 1. The van der Waals surface area contributed by atoms with Gasteiger partial charge in [-0.2, -0.15) is 0 Å². The maximum absolute atomic E-state index is 12.8. The third kappa shape index (κ3) is 5.85. The average molecular weight is 454 g/mol. The maximum atomic E-state index is 12.8. The van der Waals surface area contributed by atoms with Crippen LogP contribution in [0.3, 0.4) is 0 Å². The van der Waals surface area contributed by atoms with Crippen molar-refractivity contribution in [3.63, 3.8) is 0 Å². The number of hydrogen-bond donors (Lipinski definition) is 2.